The van der Waals surface area contributed by atoms with Crippen LogP contribution in [-0.2, 0) is 10.1 Å². The molecule has 0 aliphatic rings. The van der Waals surface area contributed by atoms with E-state index in [4.69, 9.17) is 0 Å². The highest BCUT2D eigenvalue weighted by Crippen LogP contribution is 2.11. The van der Waals surface area contributed by atoms with Crippen LogP contribution in [0.1, 0.15) is 16.1 Å². The van der Waals surface area contributed by atoms with E-state index in [0.717, 1.165) is 18.3 Å². The fourth-order valence-electron chi connectivity index (χ4n) is 1.40. The van der Waals surface area contributed by atoms with Gasteiger partial charge in [0.15, 0.2) is 10.1 Å². The van der Waals surface area contributed by atoms with Gasteiger partial charge in [-0.15, -0.1) is 0 Å². The Balaban J connectivity index is 2.05. The third-order valence-electron chi connectivity index (χ3n) is 2.32. The fourth-order valence-corrected chi connectivity index (χ4v) is 1.83. The van der Waals surface area contributed by atoms with Gasteiger partial charge in [-0.25, -0.2) is 18.2 Å². The van der Waals surface area contributed by atoms with Crippen LogP contribution in [0.4, 0.5) is 4.39 Å². The lowest BCUT2D eigenvalue weighted by molar-refractivity contribution is 0.0951. The van der Waals surface area contributed by atoms with Gasteiger partial charge in [0, 0.05) is 0 Å². The van der Waals surface area contributed by atoms with Gasteiger partial charge in [-0.3, -0.25) is 4.79 Å². The molecule has 0 saturated carbocycles. The van der Waals surface area contributed by atoms with E-state index in [1.165, 1.54) is 24.3 Å². The van der Waals surface area contributed by atoms with Crippen molar-refractivity contribution in [3.05, 3.63) is 53.5 Å². The predicted molar refractivity (Wildman–Crippen MR) is 68.1 cm³/mol. The number of nitrogens with one attached hydrogen (secondary N) is 1. The van der Waals surface area contributed by atoms with Gasteiger partial charge >= 0.3 is 0 Å². The number of nitrogens with zero attached hydrogens (tertiary/aromatic N) is 1. The Kier molecular flexibility index (Phi) is 4.15. The molecule has 1 aromatic carbocycles. The molecule has 9 heteroatoms. The van der Waals surface area contributed by atoms with Crippen molar-refractivity contribution in [1.29, 1.82) is 0 Å². The number of amides is 1. The van der Waals surface area contributed by atoms with Gasteiger partial charge in [0.1, 0.15) is 11.6 Å². The van der Waals surface area contributed by atoms with Crippen molar-refractivity contribution in [3.8, 4) is 0 Å². The van der Waals surface area contributed by atoms with E-state index >= 15 is 0 Å². The number of halogens is 1. The zero-order valence-electron chi connectivity index (χ0n) is 10.3. The Labute approximate surface area is 118 Å². The summed E-state index contributed by atoms with van der Waals surface area (Å²) in [6.07, 6.45) is 0.980. The smallest absolute Gasteiger partial charge is 0.274 e. The van der Waals surface area contributed by atoms with Gasteiger partial charge in [0.2, 0.25) is 5.09 Å². The van der Waals surface area contributed by atoms with Crippen LogP contribution >= 0.6 is 0 Å². The Morgan fingerprint density at radius 2 is 2.00 bits per heavy atom. The van der Waals surface area contributed by atoms with Crippen molar-refractivity contribution < 1.29 is 26.6 Å². The third-order valence-corrected chi connectivity index (χ3v) is 3.04. The number of hydrogen-bond acceptors (Lipinski definition) is 6. The molecule has 0 bridgehead atoms. The van der Waals surface area contributed by atoms with Crippen LogP contribution in [0.3, 0.4) is 0 Å². The molecule has 0 fully saturated rings. The largest absolute Gasteiger partial charge is 0.742 e. The molecular weight excluding hydrogens is 303 g/mol. The summed E-state index contributed by atoms with van der Waals surface area (Å²) < 4.78 is 49.9. The first-order valence-corrected chi connectivity index (χ1v) is 6.92. The van der Waals surface area contributed by atoms with E-state index in [-0.39, 0.29) is 11.3 Å². The van der Waals surface area contributed by atoms with Crippen molar-refractivity contribution in [1.82, 2.24) is 5.43 Å². The van der Waals surface area contributed by atoms with Crippen molar-refractivity contribution in [2.45, 2.75) is 5.09 Å². The maximum atomic E-state index is 13.3. The van der Waals surface area contributed by atoms with Gasteiger partial charge in [0.05, 0.1) is 11.8 Å². The Morgan fingerprint density at radius 3 is 2.62 bits per heavy atom. The second-order valence-electron chi connectivity index (χ2n) is 3.79. The highest BCUT2D eigenvalue weighted by Gasteiger charge is 2.10. The lowest BCUT2D eigenvalue weighted by Gasteiger charge is -2.01. The van der Waals surface area contributed by atoms with E-state index in [9.17, 15) is 22.2 Å². The minimum atomic E-state index is -4.69. The maximum Gasteiger partial charge on any atom is 0.274 e. The molecule has 0 unspecified atom stereocenters. The molecule has 0 radical (unpaired) electrons. The average Bonchev–Trinajstić information content (AvgIpc) is 2.88. The predicted octanol–water partition coefficient (Wildman–Crippen LogP) is 1.09. The second-order valence-corrected chi connectivity index (χ2v) is 5.10. The molecule has 1 amide bonds. The molecule has 0 atom stereocenters. The van der Waals surface area contributed by atoms with Crippen LogP contribution in [0.25, 0.3) is 0 Å². The summed E-state index contributed by atoms with van der Waals surface area (Å²) >= 11 is 0. The summed E-state index contributed by atoms with van der Waals surface area (Å²) in [5.41, 5.74) is 1.84. The van der Waals surface area contributed by atoms with Crippen molar-refractivity contribution >= 4 is 22.2 Å². The standard InChI is InChI=1S/C12H9FN2O5S/c13-10-4-2-1-3-9(10)12(16)15-14-7-8-5-6-11(20-8)21(17,18)19/h1-7H,(H,15,16)(H,17,18,19)/p-1/b14-7+. The summed E-state index contributed by atoms with van der Waals surface area (Å²) in [7, 11) is -4.69. The zero-order valence-corrected chi connectivity index (χ0v) is 11.1. The summed E-state index contributed by atoms with van der Waals surface area (Å²) in [6, 6.07) is 7.46. The average molecular weight is 311 g/mol. The molecule has 0 spiro atoms. The molecule has 2 aromatic rings. The summed E-state index contributed by atoms with van der Waals surface area (Å²) in [5.74, 6) is -1.55. The number of benzene rings is 1. The van der Waals surface area contributed by atoms with E-state index in [1.54, 1.807) is 0 Å². The maximum absolute atomic E-state index is 13.3. The van der Waals surface area contributed by atoms with Crippen LogP contribution in [0.15, 0.2) is 51.0 Å². The fraction of sp³-hybridized carbons (Fsp3) is 0. The zero-order chi connectivity index (χ0) is 15.5. The highest BCUT2D eigenvalue weighted by atomic mass is 32.2. The summed E-state index contributed by atoms with van der Waals surface area (Å²) in [5, 5.41) is 2.71. The monoisotopic (exact) mass is 311 g/mol. The molecule has 7 nitrogen and oxygen atoms in total. The Hall–Kier alpha value is -2.52. The molecule has 0 saturated heterocycles. The quantitative estimate of drug-likeness (QED) is 0.516. The normalized spacial score (nSPS) is 11.7. The van der Waals surface area contributed by atoms with E-state index in [2.05, 4.69) is 9.52 Å². The van der Waals surface area contributed by atoms with Crippen LogP contribution < -0.4 is 5.43 Å². The summed E-state index contributed by atoms with van der Waals surface area (Å²) in [6.45, 7) is 0. The lowest BCUT2D eigenvalue weighted by Crippen LogP contribution is -2.18. The van der Waals surface area contributed by atoms with Crippen molar-refractivity contribution in [2.75, 3.05) is 0 Å². The van der Waals surface area contributed by atoms with Crippen LogP contribution in [0, 0.1) is 5.82 Å². The van der Waals surface area contributed by atoms with Gasteiger partial charge < -0.3 is 8.97 Å². The van der Waals surface area contributed by atoms with Gasteiger partial charge in [-0.1, -0.05) is 12.1 Å². The third kappa shape index (κ3) is 3.74. The molecule has 0 aliphatic carbocycles. The van der Waals surface area contributed by atoms with E-state index in [0.29, 0.717) is 0 Å². The number of rotatable bonds is 4. The molecule has 1 heterocycles. The van der Waals surface area contributed by atoms with Gasteiger partial charge in [0.25, 0.3) is 5.91 Å². The number of furan rings is 1. The molecule has 0 aliphatic heterocycles. The molecule has 2 rings (SSSR count). The van der Waals surface area contributed by atoms with Crippen molar-refractivity contribution in [2.24, 2.45) is 5.10 Å². The molecule has 1 N–H and O–H groups in total. The Bertz CT molecular complexity index is 797. The SMILES string of the molecule is O=C(N/N=C/c1ccc(S(=O)(=O)[O-])o1)c1ccccc1F. The molecule has 21 heavy (non-hydrogen) atoms. The number of hydrogen-bond donors (Lipinski definition) is 1. The van der Waals surface area contributed by atoms with Crippen LogP contribution in [0.5, 0.6) is 0 Å². The van der Waals surface area contributed by atoms with Gasteiger partial charge in [-0.2, -0.15) is 5.10 Å². The van der Waals surface area contributed by atoms with Crippen LogP contribution in [-0.4, -0.2) is 25.1 Å². The Morgan fingerprint density at radius 1 is 1.29 bits per heavy atom. The molecule has 1 aromatic heterocycles. The first-order valence-electron chi connectivity index (χ1n) is 5.51. The second kappa shape index (κ2) is 5.85. The first kappa shape index (κ1) is 14.9. The lowest BCUT2D eigenvalue weighted by atomic mass is 10.2. The molecule has 110 valence electrons. The minimum absolute atomic E-state index is 0.0572. The minimum Gasteiger partial charge on any atom is -0.742 e. The van der Waals surface area contributed by atoms with Crippen molar-refractivity contribution in [3.63, 3.8) is 0 Å². The number of carbonyl (C=O) groups is 1. The van der Waals surface area contributed by atoms with Gasteiger partial charge in [-0.05, 0) is 24.3 Å². The molecular formula is C12H8FN2O5S-. The van der Waals surface area contributed by atoms with Crippen LogP contribution in [0.2, 0.25) is 0 Å². The van der Waals surface area contributed by atoms with E-state index in [1.807, 2.05) is 5.43 Å². The number of carbonyl (C=O) groups excluding carboxylic acids is 1. The summed E-state index contributed by atoms with van der Waals surface area (Å²) in [4.78, 5) is 11.6. The van der Waals surface area contributed by atoms with E-state index < -0.39 is 26.9 Å². The topological polar surface area (TPSA) is 112 Å². The first-order chi connectivity index (χ1) is 9.88. The number of hydrazone groups is 1. The highest BCUT2D eigenvalue weighted by molar-refractivity contribution is 7.85.